The van der Waals surface area contributed by atoms with E-state index < -0.39 is 10.9 Å². The van der Waals surface area contributed by atoms with Crippen molar-refractivity contribution in [1.29, 1.82) is 0 Å². The number of para-hydroxylation sites is 1. The van der Waals surface area contributed by atoms with Crippen LogP contribution in [0.2, 0.25) is 0 Å². The van der Waals surface area contributed by atoms with Gasteiger partial charge in [0, 0.05) is 23.6 Å². The van der Waals surface area contributed by atoms with Gasteiger partial charge in [0.15, 0.2) is 6.61 Å². The highest BCUT2D eigenvalue weighted by Gasteiger charge is 2.22. The van der Waals surface area contributed by atoms with E-state index in [1.54, 1.807) is 25.1 Å². The molecule has 182 valence electrons. The van der Waals surface area contributed by atoms with Crippen LogP contribution in [0.3, 0.4) is 0 Å². The second-order valence-corrected chi connectivity index (χ2v) is 8.26. The Labute approximate surface area is 201 Å². The highest BCUT2D eigenvalue weighted by molar-refractivity contribution is 5.85. The summed E-state index contributed by atoms with van der Waals surface area (Å²) in [6, 6.07) is 11.0. The lowest BCUT2D eigenvalue weighted by Gasteiger charge is -2.22. The number of carbonyl (C=O) groups is 1. The molecule has 10 nitrogen and oxygen atoms in total. The molecule has 35 heavy (non-hydrogen) atoms. The Morgan fingerprint density at radius 3 is 2.74 bits per heavy atom. The van der Waals surface area contributed by atoms with Crippen LogP contribution in [0.25, 0.3) is 10.9 Å². The summed E-state index contributed by atoms with van der Waals surface area (Å²) in [5, 5.41) is 16.2. The summed E-state index contributed by atoms with van der Waals surface area (Å²) >= 11 is 0. The molecule has 1 heterocycles. The fourth-order valence-corrected chi connectivity index (χ4v) is 4.22. The molecule has 0 saturated heterocycles. The van der Waals surface area contributed by atoms with E-state index in [1.165, 1.54) is 29.1 Å². The third kappa shape index (κ3) is 5.53. The number of esters is 1. The smallest absolute Gasteiger partial charge is 0.344 e. The Bertz CT molecular complexity index is 1330. The molecule has 1 fully saturated rings. The van der Waals surface area contributed by atoms with Crippen LogP contribution in [0, 0.1) is 10.1 Å². The Kier molecular flexibility index (Phi) is 7.49. The van der Waals surface area contributed by atoms with E-state index in [2.05, 4.69) is 5.10 Å². The predicted octanol–water partition coefficient (Wildman–Crippen LogP) is 4.18. The molecular weight excluding hydrogens is 452 g/mol. The number of benzene rings is 2. The number of nitro groups is 1. The molecule has 1 saturated carbocycles. The SMILES string of the molecule is CCOC(=O)COc1ccc([N+](=O)[O-])cc1C=Nn1c(C2CCCCC2)nc2ccccc2c1=O. The summed E-state index contributed by atoms with van der Waals surface area (Å²) in [5.74, 6) is 0.295. The molecule has 1 aromatic heterocycles. The van der Waals surface area contributed by atoms with Gasteiger partial charge < -0.3 is 9.47 Å². The van der Waals surface area contributed by atoms with Gasteiger partial charge in [-0.3, -0.25) is 14.9 Å². The van der Waals surface area contributed by atoms with Gasteiger partial charge in [0.2, 0.25) is 0 Å². The first kappa shape index (κ1) is 24.1. The summed E-state index contributed by atoms with van der Waals surface area (Å²) in [7, 11) is 0. The van der Waals surface area contributed by atoms with E-state index in [1.807, 2.05) is 6.07 Å². The Balaban J connectivity index is 1.77. The number of hydrogen-bond donors (Lipinski definition) is 0. The number of ether oxygens (including phenoxy) is 2. The molecule has 0 aliphatic heterocycles. The number of nitrogens with zero attached hydrogens (tertiary/aromatic N) is 4. The summed E-state index contributed by atoms with van der Waals surface area (Å²) in [4.78, 5) is 40.7. The average Bonchev–Trinajstić information content (AvgIpc) is 2.87. The number of nitro benzene ring substituents is 1. The molecule has 0 spiro atoms. The quantitative estimate of drug-likeness (QED) is 0.206. The van der Waals surface area contributed by atoms with Crippen molar-refractivity contribution in [3.63, 3.8) is 0 Å². The van der Waals surface area contributed by atoms with Crippen molar-refractivity contribution in [3.8, 4) is 5.75 Å². The number of aromatic nitrogens is 2. The molecule has 10 heteroatoms. The second-order valence-electron chi connectivity index (χ2n) is 8.26. The average molecular weight is 479 g/mol. The van der Waals surface area contributed by atoms with Crippen LogP contribution in [0.15, 0.2) is 52.4 Å². The van der Waals surface area contributed by atoms with Crippen molar-refractivity contribution in [2.24, 2.45) is 5.10 Å². The first-order valence-electron chi connectivity index (χ1n) is 11.6. The lowest BCUT2D eigenvalue weighted by molar-refractivity contribution is -0.384. The van der Waals surface area contributed by atoms with Crippen LogP contribution < -0.4 is 10.3 Å². The van der Waals surface area contributed by atoms with Crippen molar-refractivity contribution in [3.05, 3.63) is 74.3 Å². The minimum atomic E-state index is -0.566. The second kappa shape index (κ2) is 10.9. The van der Waals surface area contributed by atoms with Gasteiger partial charge in [-0.2, -0.15) is 9.78 Å². The van der Waals surface area contributed by atoms with Gasteiger partial charge in [-0.25, -0.2) is 9.78 Å². The van der Waals surface area contributed by atoms with E-state index in [-0.39, 0.29) is 41.7 Å². The maximum Gasteiger partial charge on any atom is 0.344 e. The molecule has 1 aliphatic carbocycles. The van der Waals surface area contributed by atoms with Crippen LogP contribution >= 0.6 is 0 Å². The minimum Gasteiger partial charge on any atom is -0.481 e. The monoisotopic (exact) mass is 478 g/mol. The molecule has 0 amide bonds. The molecule has 0 atom stereocenters. The molecular formula is C25H26N4O6. The van der Waals surface area contributed by atoms with Gasteiger partial charge in [0.05, 0.1) is 28.6 Å². The molecule has 2 aromatic carbocycles. The molecule has 0 N–H and O–H groups in total. The Morgan fingerprint density at radius 1 is 1.23 bits per heavy atom. The van der Waals surface area contributed by atoms with Gasteiger partial charge in [-0.15, -0.1) is 0 Å². The highest BCUT2D eigenvalue weighted by atomic mass is 16.6. The largest absolute Gasteiger partial charge is 0.481 e. The van der Waals surface area contributed by atoms with E-state index in [4.69, 9.17) is 14.5 Å². The van der Waals surface area contributed by atoms with Crippen molar-refractivity contribution < 1.29 is 19.2 Å². The minimum absolute atomic E-state index is 0.0860. The number of carbonyl (C=O) groups excluding carboxylic acids is 1. The van der Waals surface area contributed by atoms with Crippen molar-refractivity contribution in [1.82, 2.24) is 9.66 Å². The highest BCUT2D eigenvalue weighted by Crippen LogP contribution is 2.32. The van der Waals surface area contributed by atoms with E-state index >= 15 is 0 Å². The van der Waals surface area contributed by atoms with E-state index in [0.717, 1.165) is 32.1 Å². The number of hydrogen-bond acceptors (Lipinski definition) is 8. The third-order valence-electron chi connectivity index (χ3n) is 5.92. The fourth-order valence-electron chi connectivity index (χ4n) is 4.22. The summed E-state index contributed by atoms with van der Waals surface area (Å²) in [6.45, 7) is 1.52. The van der Waals surface area contributed by atoms with Crippen LogP contribution in [0.1, 0.15) is 56.3 Å². The molecule has 1 aliphatic rings. The normalized spacial score (nSPS) is 14.3. The predicted molar refractivity (Wildman–Crippen MR) is 130 cm³/mol. The lowest BCUT2D eigenvalue weighted by atomic mass is 9.88. The summed E-state index contributed by atoms with van der Waals surface area (Å²) in [6.07, 6.45) is 6.39. The topological polar surface area (TPSA) is 126 Å². The molecule has 3 aromatic rings. The zero-order valence-electron chi connectivity index (χ0n) is 19.4. The number of fused-ring (bicyclic) bond motifs is 1. The lowest BCUT2D eigenvalue weighted by Crippen LogP contribution is -2.25. The molecule has 0 radical (unpaired) electrons. The summed E-state index contributed by atoms with van der Waals surface area (Å²) < 4.78 is 11.7. The van der Waals surface area contributed by atoms with Crippen molar-refractivity contribution >= 4 is 28.8 Å². The molecule has 0 unspecified atom stereocenters. The molecule has 4 rings (SSSR count). The van der Waals surface area contributed by atoms with E-state index in [9.17, 15) is 19.7 Å². The maximum absolute atomic E-state index is 13.4. The molecule has 0 bridgehead atoms. The van der Waals surface area contributed by atoms with E-state index in [0.29, 0.717) is 16.7 Å². The van der Waals surface area contributed by atoms with Gasteiger partial charge in [-0.1, -0.05) is 31.4 Å². The number of rotatable bonds is 8. The van der Waals surface area contributed by atoms with Crippen LogP contribution in [-0.2, 0) is 9.53 Å². The Hall–Kier alpha value is -4.08. The van der Waals surface area contributed by atoms with Crippen LogP contribution in [0.5, 0.6) is 5.75 Å². The van der Waals surface area contributed by atoms with Gasteiger partial charge in [0.1, 0.15) is 11.6 Å². The standard InChI is InChI=1S/C25H26N4O6/c1-2-34-23(30)16-35-22-13-12-19(29(32)33)14-18(22)15-26-28-24(17-8-4-3-5-9-17)27-21-11-7-6-10-20(21)25(28)31/h6-7,10-15,17H,2-5,8-9,16H2,1H3. The first-order valence-corrected chi connectivity index (χ1v) is 11.6. The maximum atomic E-state index is 13.4. The van der Waals surface area contributed by atoms with Gasteiger partial charge in [0.25, 0.3) is 11.2 Å². The Morgan fingerprint density at radius 2 is 2.00 bits per heavy atom. The zero-order chi connectivity index (χ0) is 24.8. The zero-order valence-corrected chi connectivity index (χ0v) is 19.4. The van der Waals surface area contributed by atoms with Crippen molar-refractivity contribution in [2.75, 3.05) is 13.2 Å². The van der Waals surface area contributed by atoms with Crippen molar-refractivity contribution in [2.45, 2.75) is 44.9 Å². The van der Waals surface area contributed by atoms with Gasteiger partial charge >= 0.3 is 5.97 Å². The van der Waals surface area contributed by atoms with Gasteiger partial charge in [-0.05, 0) is 38.0 Å². The summed E-state index contributed by atoms with van der Waals surface area (Å²) in [5.41, 5.74) is 0.370. The van der Waals surface area contributed by atoms with Crippen LogP contribution in [-0.4, -0.2) is 40.0 Å². The number of non-ortho nitro benzene ring substituents is 1. The first-order chi connectivity index (χ1) is 17.0. The van der Waals surface area contributed by atoms with Crippen LogP contribution in [0.4, 0.5) is 5.69 Å². The fraction of sp³-hybridized carbons (Fsp3) is 0.360. The third-order valence-corrected chi connectivity index (χ3v) is 5.92.